The lowest BCUT2D eigenvalue weighted by Crippen LogP contribution is -2.50. The van der Waals surface area contributed by atoms with Crippen molar-refractivity contribution in [1.29, 1.82) is 0 Å². The average molecular weight is 395 g/mol. The van der Waals surface area contributed by atoms with Gasteiger partial charge >= 0.3 is 0 Å². The number of rotatable bonds is 3. The van der Waals surface area contributed by atoms with Crippen molar-refractivity contribution in [3.63, 3.8) is 0 Å². The van der Waals surface area contributed by atoms with Crippen LogP contribution in [0.3, 0.4) is 0 Å². The van der Waals surface area contributed by atoms with Crippen LogP contribution in [0, 0.1) is 0 Å². The number of aromatic amines is 1. The zero-order valence-electron chi connectivity index (χ0n) is 16.6. The zero-order valence-corrected chi connectivity index (χ0v) is 17.4. The summed E-state index contributed by atoms with van der Waals surface area (Å²) in [7, 11) is 0. The van der Waals surface area contributed by atoms with Crippen molar-refractivity contribution in [3.05, 3.63) is 27.4 Å². The molecule has 1 saturated heterocycles. The standard InChI is InChI=1S/C20H30N4O2.ClH/c1-19(2,3)18-22-16-14(17(26)23-18)7-9-20(16)8-4-10-24(12-20)15(25)11-21-13-5-6-13;/h13,21H,4-12H2,1-3H3,(H,22,23,26);1H. The van der Waals surface area contributed by atoms with Gasteiger partial charge in [0, 0.05) is 35.5 Å². The third-order valence-corrected chi connectivity index (χ3v) is 6.13. The molecule has 0 aromatic carbocycles. The van der Waals surface area contributed by atoms with Crippen LogP contribution in [0.5, 0.6) is 0 Å². The number of aromatic nitrogens is 2. The number of carbonyl (C=O) groups is 1. The molecular weight excluding hydrogens is 364 g/mol. The summed E-state index contributed by atoms with van der Waals surface area (Å²) in [6, 6.07) is 0.541. The number of amides is 1. The van der Waals surface area contributed by atoms with E-state index in [9.17, 15) is 9.59 Å². The van der Waals surface area contributed by atoms with Gasteiger partial charge in [-0.15, -0.1) is 12.4 Å². The molecule has 1 spiro atoms. The fraction of sp³-hybridized carbons (Fsp3) is 0.750. The predicted molar refractivity (Wildman–Crippen MR) is 108 cm³/mol. The van der Waals surface area contributed by atoms with E-state index in [1.165, 1.54) is 12.8 Å². The van der Waals surface area contributed by atoms with Gasteiger partial charge in [0.15, 0.2) is 0 Å². The van der Waals surface area contributed by atoms with E-state index < -0.39 is 0 Å². The Kier molecular flexibility index (Phi) is 5.43. The quantitative estimate of drug-likeness (QED) is 0.822. The Bertz CT molecular complexity index is 781. The van der Waals surface area contributed by atoms with Crippen LogP contribution in [-0.4, -0.2) is 46.5 Å². The van der Waals surface area contributed by atoms with Crippen LogP contribution in [-0.2, 0) is 22.0 Å². The normalized spacial score (nSPS) is 24.6. The monoisotopic (exact) mass is 394 g/mol. The third kappa shape index (κ3) is 3.92. The first-order chi connectivity index (χ1) is 12.3. The van der Waals surface area contributed by atoms with Crippen LogP contribution >= 0.6 is 12.4 Å². The maximum atomic E-state index is 12.7. The van der Waals surface area contributed by atoms with E-state index in [4.69, 9.17) is 4.98 Å². The van der Waals surface area contributed by atoms with Gasteiger partial charge in [-0.25, -0.2) is 4.98 Å². The van der Waals surface area contributed by atoms with Crippen LogP contribution < -0.4 is 10.9 Å². The molecule has 2 fully saturated rings. The van der Waals surface area contributed by atoms with Gasteiger partial charge in [-0.1, -0.05) is 20.8 Å². The number of fused-ring (bicyclic) bond motifs is 2. The van der Waals surface area contributed by atoms with Crippen molar-refractivity contribution in [2.24, 2.45) is 0 Å². The maximum absolute atomic E-state index is 12.7. The topological polar surface area (TPSA) is 78.1 Å². The SMILES string of the molecule is CC(C)(C)c1nc2c(c(=O)[nH]1)CCC21CCCN(C(=O)CNC2CC2)C1.Cl. The fourth-order valence-electron chi connectivity index (χ4n) is 4.38. The van der Waals surface area contributed by atoms with Crippen LogP contribution in [0.1, 0.15) is 70.0 Å². The third-order valence-electron chi connectivity index (χ3n) is 6.13. The second-order valence-corrected chi connectivity index (χ2v) is 9.35. The van der Waals surface area contributed by atoms with Gasteiger partial charge in [0.05, 0.1) is 12.2 Å². The Balaban J connectivity index is 0.00000210. The highest BCUT2D eigenvalue weighted by molar-refractivity contribution is 5.85. The molecule has 1 aromatic heterocycles. The molecule has 1 amide bonds. The molecule has 0 radical (unpaired) electrons. The summed E-state index contributed by atoms with van der Waals surface area (Å²) in [5, 5.41) is 3.33. The number of carbonyl (C=O) groups excluding carboxylic acids is 1. The molecule has 1 saturated carbocycles. The number of hydrogen-bond acceptors (Lipinski definition) is 4. The van der Waals surface area contributed by atoms with E-state index in [0.717, 1.165) is 49.3 Å². The molecule has 1 unspecified atom stereocenters. The largest absolute Gasteiger partial charge is 0.341 e. The molecule has 150 valence electrons. The second kappa shape index (κ2) is 7.21. The zero-order chi connectivity index (χ0) is 18.5. The van der Waals surface area contributed by atoms with Gasteiger partial charge in [0.25, 0.3) is 5.56 Å². The van der Waals surface area contributed by atoms with Crippen molar-refractivity contribution in [3.8, 4) is 0 Å². The average Bonchev–Trinajstić information content (AvgIpc) is 3.36. The van der Waals surface area contributed by atoms with E-state index >= 15 is 0 Å². The number of nitrogens with zero attached hydrogens (tertiary/aromatic N) is 2. The minimum absolute atomic E-state index is 0. The van der Waals surface area contributed by atoms with Crippen LogP contribution in [0.25, 0.3) is 0 Å². The second-order valence-electron chi connectivity index (χ2n) is 9.35. The van der Waals surface area contributed by atoms with Gasteiger partial charge in [-0.3, -0.25) is 9.59 Å². The van der Waals surface area contributed by atoms with E-state index in [-0.39, 0.29) is 34.7 Å². The number of hydrogen-bond donors (Lipinski definition) is 2. The molecule has 2 N–H and O–H groups in total. The number of piperidine rings is 1. The number of H-pyrrole nitrogens is 1. The van der Waals surface area contributed by atoms with Gasteiger partial charge in [-0.05, 0) is 38.5 Å². The lowest BCUT2D eigenvalue weighted by atomic mass is 9.77. The van der Waals surface area contributed by atoms with Crippen molar-refractivity contribution in [2.45, 2.75) is 76.2 Å². The molecule has 1 aliphatic heterocycles. The summed E-state index contributed by atoms with van der Waals surface area (Å²) in [5.41, 5.74) is 1.46. The number of nitrogens with one attached hydrogen (secondary N) is 2. The number of likely N-dealkylation sites (tertiary alicyclic amines) is 1. The van der Waals surface area contributed by atoms with Crippen LogP contribution in [0.4, 0.5) is 0 Å². The molecule has 0 bridgehead atoms. The maximum Gasteiger partial charge on any atom is 0.254 e. The first-order valence-corrected chi connectivity index (χ1v) is 9.94. The van der Waals surface area contributed by atoms with E-state index in [1.54, 1.807) is 0 Å². The minimum Gasteiger partial charge on any atom is -0.341 e. The molecule has 6 nitrogen and oxygen atoms in total. The lowest BCUT2D eigenvalue weighted by Gasteiger charge is -2.40. The van der Waals surface area contributed by atoms with Crippen LogP contribution in [0.2, 0.25) is 0 Å². The molecule has 2 heterocycles. The molecule has 1 aromatic rings. The van der Waals surface area contributed by atoms with Crippen molar-refractivity contribution >= 4 is 18.3 Å². The molecule has 1 atom stereocenters. The molecule has 3 aliphatic rings. The Labute approximate surface area is 166 Å². The summed E-state index contributed by atoms with van der Waals surface area (Å²) in [5.74, 6) is 0.937. The van der Waals surface area contributed by atoms with Gasteiger partial charge in [0.1, 0.15) is 5.82 Å². The van der Waals surface area contributed by atoms with Crippen molar-refractivity contribution in [2.75, 3.05) is 19.6 Å². The Morgan fingerprint density at radius 1 is 1.33 bits per heavy atom. The van der Waals surface area contributed by atoms with Gasteiger partial charge in [0.2, 0.25) is 5.91 Å². The summed E-state index contributed by atoms with van der Waals surface area (Å²) in [6.45, 7) is 8.16. The molecule has 2 aliphatic carbocycles. The smallest absolute Gasteiger partial charge is 0.254 e. The first-order valence-electron chi connectivity index (χ1n) is 9.94. The van der Waals surface area contributed by atoms with E-state index in [0.29, 0.717) is 19.1 Å². The van der Waals surface area contributed by atoms with Crippen molar-refractivity contribution in [1.82, 2.24) is 20.2 Å². The fourth-order valence-corrected chi connectivity index (χ4v) is 4.38. The summed E-state index contributed by atoms with van der Waals surface area (Å²) in [6.07, 6.45) is 6.06. The highest BCUT2D eigenvalue weighted by atomic mass is 35.5. The highest BCUT2D eigenvalue weighted by Crippen LogP contribution is 2.43. The summed E-state index contributed by atoms with van der Waals surface area (Å²) in [4.78, 5) is 35.2. The van der Waals surface area contributed by atoms with Crippen molar-refractivity contribution < 1.29 is 4.79 Å². The minimum atomic E-state index is -0.198. The van der Waals surface area contributed by atoms with E-state index in [2.05, 4.69) is 31.1 Å². The Hall–Kier alpha value is -1.40. The summed E-state index contributed by atoms with van der Waals surface area (Å²) < 4.78 is 0. The van der Waals surface area contributed by atoms with Gasteiger partial charge in [-0.2, -0.15) is 0 Å². The highest BCUT2D eigenvalue weighted by Gasteiger charge is 2.46. The molecular formula is C20H31ClN4O2. The van der Waals surface area contributed by atoms with Gasteiger partial charge < -0.3 is 15.2 Å². The summed E-state index contributed by atoms with van der Waals surface area (Å²) >= 11 is 0. The molecule has 27 heavy (non-hydrogen) atoms. The lowest BCUT2D eigenvalue weighted by molar-refractivity contribution is -0.132. The molecule has 4 rings (SSSR count). The first kappa shape index (κ1) is 20.3. The van der Waals surface area contributed by atoms with Crippen LogP contribution in [0.15, 0.2) is 4.79 Å². The Morgan fingerprint density at radius 3 is 2.74 bits per heavy atom. The predicted octanol–water partition coefficient (Wildman–Crippen LogP) is 2.05. The number of halogens is 1. The Morgan fingerprint density at radius 2 is 2.07 bits per heavy atom. The molecule has 7 heteroatoms. The van der Waals surface area contributed by atoms with E-state index in [1.807, 2.05) is 4.90 Å².